The van der Waals surface area contributed by atoms with Crippen LogP contribution in [-0.2, 0) is 4.79 Å². The van der Waals surface area contributed by atoms with Crippen molar-refractivity contribution >= 4 is 33.2 Å². The number of rotatable bonds is 5. The van der Waals surface area contributed by atoms with Crippen LogP contribution in [0.5, 0.6) is 0 Å². The third kappa shape index (κ3) is 4.38. The van der Waals surface area contributed by atoms with Crippen LogP contribution in [0.4, 0.5) is 11.4 Å². The molecular formula is C16H17BrN2O. The minimum atomic E-state index is 0.0175. The first-order valence-corrected chi connectivity index (χ1v) is 7.29. The predicted molar refractivity (Wildman–Crippen MR) is 87.1 cm³/mol. The molecule has 2 aromatic carbocycles. The first-order valence-electron chi connectivity index (χ1n) is 6.50. The van der Waals surface area contributed by atoms with Crippen molar-refractivity contribution in [1.29, 1.82) is 0 Å². The van der Waals surface area contributed by atoms with E-state index in [0.29, 0.717) is 13.0 Å². The average Bonchev–Trinajstić information content (AvgIpc) is 2.44. The molecule has 0 bridgehead atoms. The summed E-state index contributed by atoms with van der Waals surface area (Å²) in [5.74, 6) is 0.0175. The molecule has 0 heterocycles. The standard InChI is InChI=1S/C16H17BrN2O/c1-12-4-2-3-5-15(12)19-16(20)10-11-18-14-8-6-13(17)7-9-14/h2-9,18H,10-11H2,1H3,(H,19,20). The maximum absolute atomic E-state index is 11.9. The topological polar surface area (TPSA) is 41.1 Å². The third-order valence-electron chi connectivity index (χ3n) is 2.94. The molecule has 2 rings (SSSR count). The Kier molecular flexibility index (Phi) is 5.18. The summed E-state index contributed by atoms with van der Waals surface area (Å²) in [7, 11) is 0. The molecule has 1 amide bonds. The molecule has 104 valence electrons. The molecular weight excluding hydrogens is 316 g/mol. The van der Waals surface area contributed by atoms with Crippen molar-refractivity contribution in [2.24, 2.45) is 0 Å². The lowest BCUT2D eigenvalue weighted by atomic mass is 10.2. The van der Waals surface area contributed by atoms with Gasteiger partial charge in [0.2, 0.25) is 5.91 Å². The molecule has 0 aromatic heterocycles. The van der Waals surface area contributed by atoms with Crippen molar-refractivity contribution in [1.82, 2.24) is 0 Å². The summed E-state index contributed by atoms with van der Waals surface area (Å²) in [6.07, 6.45) is 0.435. The molecule has 0 atom stereocenters. The second kappa shape index (κ2) is 7.10. The Labute approximate surface area is 127 Å². The van der Waals surface area contributed by atoms with E-state index in [0.717, 1.165) is 21.4 Å². The van der Waals surface area contributed by atoms with Crippen molar-refractivity contribution in [3.8, 4) is 0 Å². The Morgan fingerprint density at radius 2 is 1.80 bits per heavy atom. The lowest BCUT2D eigenvalue weighted by Gasteiger charge is -2.09. The van der Waals surface area contributed by atoms with Crippen LogP contribution in [0.1, 0.15) is 12.0 Å². The number of anilines is 2. The Morgan fingerprint density at radius 3 is 2.50 bits per heavy atom. The summed E-state index contributed by atoms with van der Waals surface area (Å²) < 4.78 is 1.04. The highest BCUT2D eigenvalue weighted by molar-refractivity contribution is 9.10. The molecule has 0 saturated heterocycles. The van der Waals surface area contributed by atoms with Gasteiger partial charge < -0.3 is 10.6 Å². The van der Waals surface area contributed by atoms with Gasteiger partial charge in [-0.15, -0.1) is 0 Å². The van der Waals surface area contributed by atoms with Crippen molar-refractivity contribution < 1.29 is 4.79 Å². The zero-order valence-electron chi connectivity index (χ0n) is 11.3. The van der Waals surface area contributed by atoms with E-state index in [9.17, 15) is 4.79 Å². The highest BCUT2D eigenvalue weighted by Gasteiger charge is 2.03. The highest BCUT2D eigenvalue weighted by Crippen LogP contribution is 2.15. The van der Waals surface area contributed by atoms with Gasteiger partial charge in [-0.3, -0.25) is 4.79 Å². The predicted octanol–water partition coefficient (Wildman–Crippen LogP) is 4.20. The molecule has 2 N–H and O–H groups in total. The van der Waals surface area contributed by atoms with Gasteiger partial charge in [0.05, 0.1) is 0 Å². The summed E-state index contributed by atoms with van der Waals surface area (Å²) >= 11 is 3.39. The number of hydrogen-bond donors (Lipinski definition) is 2. The monoisotopic (exact) mass is 332 g/mol. The van der Waals surface area contributed by atoms with Gasteiger partial charge in [0.15, 0.2) is 0 Å². The molecule has 3 nitrogen and oxygen atoms in total. The number of carbonyl (C=O) groups is 1. The fourth-order valence-electron chi connectivity index (χ4n) is 1.81. The largest absolute Gasteiger partial charge is 0.385 e. The van der Waals surface area contributed by atoms with Crippen molar-refractivity contribution in [2.45, 2.75) is 13.3 Å². The Hall–Kier alpha value is -1.81. The Bertz CT molecular complexity index is 581. The molecule has 0 fully saturated rings. The van der Waals surface area contributed by atoms with E-state index in [-0.39, 0.29) is 5.91 Å². The van der Waals surface area contributed by atoms with Crippen LogP contribution in [0.3, 0.4) is 0 Å². The first-order chi connectivity index (χ1) is 9.65. The maximum atomic E-state index is 11.9. The van der Waals surface area contributed by atoms with E-state index in [1.807, 2.05) is 55.5 Å². The lowest BCUT2D eigenvalue weighted by Crippen LogP contribution is -2.16. The molecule has 0 saturated carbocycles. The smallest absolute Gasteiger partial charge is 0.226 e. The number of benzene rings is 2. The normalized spacial score (nSPS) is 10.1. The van der Waals surface area contributed by atoms with E-state index in [4.69, 9.17) is 0 Å². The number of halogens is 1. The number of aryl methyl sites for hydroxylation is 1. The van der Waals surface area contributed by atoms with Gasteiger partial charge in [0.25, 0.3) is 0 Å². The molecule has 0 unspecified atom stereocenters. The lowest BCUT2D eigenvalue weighted by molar-refractivity contribution is -0.115. The summed E-state index contributed by atoms with van der Waals surface area (Å²) in [6.45, 7) is 2.59. The summed E-state index contributed by atoms with van der Waals surface area (Å²) in [6, 6.07) is 15.7. The maximum Gasteiger partial charge on any atom is 0.226 e. The second-order valence-electron chi connectivity index (χ2n) is 4.55. The molecule has 0 aliphatic heterocycles. The Balaban J connectivity index is 1.78. The molecule has 20 heavy (non-hydrogen) atoms. The summed E-state index contributed by atoms with van der Waals surface area (Å²) in [5.41, 5.74) is 2.96. The Morgan fingerprint density at radius 1 is 1.10 bits per heavy atom. The fraction of sp³-hybridized carbons (Fsp3) is 0.188. The van der Waals surface area contributed by atoms with Crippen LogP contribution < -0.4 is 10.6 Å². The minimum absolute atomic E-state index is 0.0175. The van der Waals surface area contributed by atoms with E-state index in [1.54, 1.807) is 0 Å². The zero-order valence-corrected chi connectivity index (χ0v) is 12.9. The highest BCUT2D eigenvalue weighted by atomic mass is 79.9. The second-order valence-corrected chi connectivity index (χ2v) is 5.46. The zero-order chi connectivity index (χ0) is 14.4. The van der Waals surface area contributed by atoms with Crippen LogP contribution in [0.25, 0.3) is 0 Å². The van der Waals surface area contributed by atoms with Crippen molar-refractivity contribution in [2.75, 3.05) is 17.2 Å². The summed E-state index contributed by atoms with van der Waals surface area (Å²) in [5, 5.41) is 6.14. The number of carbonyl (C=O) groups excluding carboxylic acids is 1. The SMILES string of the molecule is Cc1ccccc1NC(=O)CCNc1ccc(Br)cc1. The van der Waals surface area contributed by atoms with Crippen molar-refractivity contribution in [3.05, 3.63) is 58.6 Å². The average molecular weight is 333 g/mol. The van der Waals surface area contributed by atoms with Gasteiger partial charge in [0.1, 0.15) is 0 Å². The number of hydrogen-bond acceptors (Lipinski definition) is 2. The van der Waals surface area contributed by atoms with Crippen LogP contribution in [0, 0.1) is 6.92 Å². The van der Waals surface area contributed by atoms with Gasteiger partial charge >= 0.3 is 0 Å². The van der Waals surface area contributed by atoms with Crippen molar-refractivity contribution in [3.63, 3.8) is 0 Å². The minimum Gasteiger partial charge on any atom is -0.385 e. The van der Waals surface area contributed by atoms with Crippen LogP contribution in [0.2, 0.25) is 0 Å². The number of nitrogens with one attached hydrogen (secondary N) is 2. The third-order valence-corrected chi connectivity index (χ3v) is 3.47. The van der Waals surface area contributed by atoms with Gasteiger partial charge in [-0.05, 0) is 42.8 Å². The van der Waals surface area contributed by atoms with Gasteiger partial charge in [-0.2, -0.15) is 0 Å². The van der Waals surface area contributed by atoms with Crippen LogP contribution in [0.15, 0.2) is 53.0 Å². The quantitative estimate of drug-likeness (QED) is 0.861. The van der Waals surface area contributed by atoms with Crippen LogP contribution in [-0.4, -0.2) is 12.5 Å². The van der Waals surface area contributed by atoms with E-state index >= 15 is 0 Å². The van der Waals surface area contributed by atoms with E-state index < -0.39 is 0 Å². The van der Waals surface area contributed by atoms with E-state index in [2.05, 4.69) is 26.6 Å². The molecule has 0 aliphatic rings. The fourth-order valence-corrected chi connectivity index (χ4v) is 2.08. The summed E-state index contributed by atoms with van der Waals surface area (Å²) in [4.78, 5) is 11.9. The molecule has 0 radical (unpaired) electrons. The first kappa shape index (κ1) is 14.6. The number of amides is 1. The number of para-hydroxylation sites is 1. The van der Waals surface area contributed by atoms with Gasteiger partial charge in [-0.25, -0.2) is 0 Å². The van der Waals surface area contributed by atoms with Crippen LogP contribution >= 0.6 is 15.9 Å². The van der Waals surface area contributed by atoms with E-state index in [1.165, 1.54) is 0 Å². The van der Waals surface area contributed by atoms with Gasteiger partial charge in [0, 0.05) is 28.8 Å². The molecule has 0 spiro atoms. The molecule has 4 heteroatoms. The van der Waals surface area contributed by atoms with Gasteiger partial charge in [-0.1, -0.05) is 34.1 Å². The molecule has 2 aromatic rings. The molecule has 0 aliphatic carbocycles.